The first kappa shape index (κ1) is 8.96. The SMILES string of the molecule is CO/N=C(\C)CCCC#N. The van der Waals surface area contributed by atoms with Gasteiger partial charge >= 0.3 is 0 Å². The molecule has 0 radical (unpaired) electrons. The van der Waals surface area contributed by atoms with Crippen molar-refractivity contribution in [3.8, 4) is 6.07 Å². The number of hydrogen-bond donors (Lipinski definition) is 0. The van der Waals surface area contributed by atoms with Crippen LogP contribution in [-0.4, -0.2) is 12.8 Å². The highest BCUT2D eigenvalue weighted by Gasteiger charge is 1.90. The Morgan fingerprint density at radius 3 is 2.90 bits per heavy atom. The largest absolute Gasteiger partial charge is 0.399 e. The van der Waals surface area contributed by atoms with Crippen molar-refractivity contribution in [1.82, 2.24) is 0 Å². The molecular weight excluding hydrogens is 128 g/mol. The smallest absolute Gasteiger partial charge is 0.106 e. The van der Waals surface area contributed by atoms with Gasteiger partial charge in [-0.05, 0) is 19.8 Å². The maximum absolute atomic E-state index is 8.19. The predicted octanol–water partition coefficient (Wildman–Crippen LogP) is 1.70. The second-order valence-electron chi connectivity index (χ2n) is 2.02. The fraction of sp³-hybridized carbons (Fsp3) is 0.714. The first-order valence-corrected chi connectivity index (χ1v) is 3.25. The first-order valence-electron chi connectivity index (χ1n) is 3.25. The average Bonchev–Trinajstić information content (AvgIpc) is 1.89. The van der Waals surface area contributed by atoms with Crippen LogP contribution in [0, 0.1) is 11.3 Å². The Balaban J connectivity index is 3.32. The molecule has 0 aliphatic heterocycles. The van der Waals surface area contributed by atoms with Gasteiger partial charge in [-0.1, -0.05) is 5.16 Å². The zero-order valence-corrected chi connectivity index (χ0v) is 6.42. The van der Waals surface area contributed by atoms with Crippen LogP contribution >= 0.6 is 0 Å². The van der Waals surface area contributed by atoms with E-state index in [9.17, 15) is 0 Å². The maximum Gasteiger partial charge on any atom is 0.106 e. The summed E-state index contributed by atoms with van der Waals surface area (Å²) in [6.07, 6.45) is 2.31. The Morgan fingerprint density at radius 2 is 2.40 bits per heavy atom. The van der Waals surface area contributed by atoms with Gasteiger partial charge in [0.1, 0.15) is 7.11 Å². The third-order valence-electron chi connectivity index (χ3n) is 1.07. The van der Waals surface area contributed by atoms with Gasteiger partial charge in [0.25, 0.3) is 0 Å². The molecule has 0 spiro atoms. The number of nitrogens with zero attached hydrogens (tertiary/aromatic N) is 2. The summed E-state index contributed by atoms with van der Waals surface area (Å²) in [5.41, 5.74) is 0.942. The van der Waals surface area contributed by atoms with E-state index in [0.717, 1.165) is 18.6 Å². The molecule has 3 nitrogen and oxygen atoms in total. The highest BCUT2D eigenvalue weighted by Crippen LogP contribution is 1.96. The number of rotatable bonds is 4. The van der Waals surface area contributed by atoms with Crippen LogP contribution in [0.4, 0.5) is 0 Å². The molecular formula is C7H12N2O. The Hall–Kier alpha value is -1.04. The standard InChI is InChI=1S/C7H12N2O/c1-7(9-10-2)5-3-4-6-8/h3-5H2,1-2H3/b9-7+. The van der Waals surface area contributed by atoms with E-state index >= 15 is 0 Å². The summed E-state index contributed by atoms with van der Waals surface area (Å²) in [4.78, 5) is 4.54. The Morgan fingerprint density at radius 1 is 1.70 bits per heavy atom. The number of nitriles is 1. The Kier molecular flexibility index (Phi) is 5.45. The monoisotopic (exact) mass is 140 g/mol. The summed E-state index contributed by atoms with van der Waals surface area (Å²) in [5.74, 6) is 0. The zero-order valence-electron chi connectivity index (χ0n) is 6.42. The van der Waals surface area contributed by atoms with Gasteiger partial charge in [-0.2, -0.15) is 5.26 Å². The van der Waals surface area contributed by atoms with Crippen molar-refractivity contribution < 1.29 is 4.84 Å². The molecule has 0 rings (SSSR count). The van der Waals surface area contributed by atoms with Gasteiger partial charge in [-0.3, -0.25) is 0 Å². The van der Waals surface area contributed by atoms with Gasteiger partial charge in [-0.15, -0.1) is 0 Å². The maximum atomic E-state index is 8.19. The van der Waals surface area contributed by atoms with Crippen molar-refractivity contribution in [2.75, 3.05) is 7.11 Å². The van der Waals surface area contributed by atoms with Gasteiger partial charge < -0.3 is 4.84 Å². The van der Waals surface area contributed by atoms with Crippen LogP contribution in [0.5, 0.6) is 0 Å². The summed E-state index contributed by atoms with van der Waals surface area (Å²) in [5, 5.41) is 11.9. The second-order valence-corrected chi connectivity index (χ2v) is 2.02. The first-order chi connectivity index (χ1) is 4.81. The summed E-state index contributed by atoms with van der Waals surface area (Å²) in [6, 6.07) is 2.07. The Labute approximate surface area is 61.3 Å². The lowest BCUT2D eigenvalue weighted by atomic mass is 10.2. The van der Waals surface area contributed by atoms with Crippen molar-refractivity contribution in [1.29, 1.82) is 5.26 Å². The third kappa shape index (κ3) is 5.10. The highest BCUT2D eigenvalue weighted by molar-refractivity contribution is 5.81. The summed E-state index contributed by atoms with van der Waals surface area (Å²) >= 11 is 0. The van der Waals surface area contributed by atoms with E-state index in [-0.39, 0.29) is 0 Å². The molecule has 0 aromatic rings. The fourth-order valence-corrected chi connectivity index (χ4v) is 0.625. The Bertz CT molecular complexity index is 146. The summed E-state index contributed by atoms with van der Waals surface area (Å²) in [6.45, 7) is 1.89. The summed E-state index contributed by atoms with van der Waals surface area (Å²) < 4.78 is 0. The molecule has 0 fully saturated rings. The van der Waals surface area contributed by atoms with Gasteiger partial charge in [0, 0.05) is 6.42 Å². The van der Waals surface area contributed by atoms with Crippen molar-refractivity contribution in [3.05, 3.63) is 0 Å². The van der Waals surface area contributed by atoms with Crippen LogP contribution in [0.25, 0.3) is 0 Å². The van der Waals surface area contributed by atoms with Crippen LogP contribution < -0.4 is 0 Å². The van der Waals surface area contributed by atoms with Crippen LogP contribution in [0.15, 0.2) is 5.16 Å². The molecule has 0 aliphatic rings. The topological polar surface area (TPSA) is 45.4 Å². The lowest BCUT2D eigenvalue weighted by molar-refractivity contribution is 0.212. The molecule has 10 heavy (non-hydrogen) atoms. The highest BCUT2D eigenvalue weighted by atomic mass is 16.6. The van der Waals surface area contributed by atoms with Gasteiger partial charge in [0.05, 0.1) is 11.8 Å². The van der Waals surface area contributed by atoms with Crippen molar-refractivity contribution >= 4 is 5.71 Å². The lowest BCUT2D eigenvalue weighted by Crippen LogP contribution is -1.91. The quantitative estimate of drug-likeness (QED) is 0.339. The molecule has 3 heteroatoms. The molecule has 0 aliphatic carbocycles. The van der Waals surface area contributed by atoms with E-state index in [4.69, 9.17) is 5.26 Å². The van der Waals surface area contributed by atoms with Crippen LogP contribution in [0.2, 0.25) is 0 Å². The van der Waals surface area contributed by atoms with Crippen LogP contribution in [0.3, 0.4) is 0 Å². The lowest BCUT2D eigenvalue weighted by Gasteiger charge is -1.94. The van der Waals surface area contributed by atoms with E-state index < -0.39 is 0 Å². The van der Waals surface area contributed by atoms with E-state index in [1.54, 1.807) is 0 Å². The fourth-order valence-electron chi connectivity index (χ4n) is 0.625. The molecule has 0 atom stereocenters. The minimum Gasteiger partial charge on any atom is -0.399 e. The molecule has 0 amide bonds. The minimum atomic E-state index is 0.594. The van der Waals surface area contributed by atoms with E-state index in [1.165, 1.54) is 7.11 Å². The molecule has 0 bridgehead atoms. The zero-order chi connectivity index (χ0) is 7.82. The van der Waals surface area contributed by atoms with Gasteiger partial charge in [0.15, 0.2) is 0 Å². The summed E-state index contributed by atoms with van der Waals surface area (Å²) in [7, 11) is 1.52. The van der Waals surface area contributed by atoms with Gasteiger partial charge in [0.2, 0.25) is 0 Å². The van der Waals surface area contributed by atoms with E-state index in [0.29, 0.717) is 6.42 Å². The second kappa shape index (κ2) is 6.09. The molecule has 0 aromatic heterocycles. The van der Waals surface area contributed by atoms with Crippen LogP contribution in [-0.2, 0) is 4.84 Å². The minimum absolute atomic E-state index is 0.594. The van der Waals surface area contributed by atoms with Crippen molar-refractivity contribution in [2.45, 2.75) is 26.2 Å². The molecule has 0 heterocycles. The van der Waals surface area contributed by atoms with Gasteiger partial charge in [-0.25, -0.2) is 0 Å². The molecule has 0 N–H and O–H groups in total. The molecule has 0 aromatic carbocycles. The van der Waals surface area contributed by atoms with Crippen molar-refractivity contribution in [2.24, 2.45) is 5.16 Å². The molecule has 0 unspecified atom stereocenters. The molecule has 0 saturated carbocycles. The van der Waals surface area contributed by atoms with E-state index in [1.807, 2.05) is 6.92 Å². The molecule has 0 saturated heterocycles. The number of oxime groups is 1. The third-order valence-corrected chi connectivity index (χ3v) is 1.07. The van der Waals surface area contributed by atoms with Crippen molar-refractivity contribution in [3.63, 3.8) is 0 Å². The number of unbranched alkanes of at least 4 members (excludes halogenated alkanes) is 1. The normalized spacial score (nSPS) is 10.7. The molecule has 56 valence electrons. The predicted molar refractivity (Wildman–Crippen MR) is 39.6 cm³/mol. The number of hydrogen-bond acceptors (Lipinski definition) is 3. The van der Waals surface area contributed by atoms with Crippen LogP contribution in [0.1, 0.15) is 26.2 Å². The average molecular weight is 140 g/mol. The van der Waals surface area contributed by atoms with E-state index in [2.05, 4.69) is 16.1 Å².